The van der Waals surface area contributed by atoms with Crippen molar-refractivity contribution in [3.8, 4) is 22.5 Å². The van der Waals surface area contributed by atoms with Gasteiger partial charge in [-0.15, -0.1) is 5.10 Å². The highest BCUT2D eigenvalue weighted by Gasteiger charge is 2.35. The predicted molar refractivity (Wildman–Crippen MR) is 127 cm³/mol. The molecule has 0 fully saturated rings. The summed E-state index contributed by atoms with van der Waals surface area (Å²) in [5.41, 5.74) is 4.03. The maximum Gasteiger partial charge on any atom is 0.231 e. The number of aryl methyl sites for hydroxylation is 1. The van der Waals surface area contributed by atoms with E-state index in [4.69, 9.17) is 19.6 Å². The Bertz CT molecular complexity index is 1180. The van der Waals surface area contributed by atoms with Crippen molar-refractivity contribution in [1.29, 1.82) is 0 Å². The molecular weight excluding hydrogens is 432 g/mol. The Morgan fingerprint density at radius 3 is 2.47 bits per heavy atom. The minimum absolute atomic E-state index is 0.560. The van der Waals surface area contributed by atoms with Crippen molar-refractivity contribution in [2.45, 2.75) is 51.9 Å². The van der Waals surface area contributed by atoms with Crippen LogP contribution in [0.2, 0.25) is 0 Å². The van der Waals surface area contributed by atoms with E-state index in [9.17, 15) is 0 Å². The maximum atomic E-state index is 5.67. The average Bonchev–Trinajstić information content (AvgIpc) is 3.56. The zero-order chi connectivity index (χ0) is 24.0. The van der Waals surface area contributed by atoms with Crippen molar-refractivity contribution in [1.82, 2.24) is 40.4 Å². The van der Waals surface area contributed by atoms with Crippen molar-refractivity contribution in [2.24, 2.45) is 0 Å². The molecule has 0 aliphatic rings. The lowest BCUT2D eigenvalue weighted by molar-refractivity contribution is -0.222. The van der Waals surface area contributed by atoms with Gasteiger partial charge in [-0.2, -0.15) is 5.10 Å². The fourth-order valence-electron chi connectivity index (χ4n) is 3.96. The number of aromatic amines is 1. The fourth-order valence-corrected chi connectivity index (χ4v) is 3.96. The number of benzene rings is 1. The third-order valence-electron chi connectivity index (χ3n) is 5.99. The molecule has 0 aliphatic heterocycles. The molecule has 1 aromatic carbocycles. The van der Waals surface area contributed by atoms with Gasteiger partial charge in [0.05, 0.1) is 0 Å². The summed E-state index contributed by atoms with van der Waals surface area (Å²) in [6.07, 6.45) is 6.88. The van der Waals surface area contributed by atoms with Crippen molar-refractivity contribution in [3.63, 3.8) is 0 Å². The molecular formula is C24H30N8O2. The van der Waals surface area contributed by atoms with Gasteiger partial charge in [-0.1, -0.05) is 44.5 Å². The summed E-state index contributed by atoms with van der Waals surface area (Å²) in [5, 5.41) is 19.0. The van der Waals surface area contributed by atoms with Crippen molar-refractivity contribution < 1.29 is 9.47 Å². The van der Waals surface area contributed by atoms with Gasteiger partial charge in [0.25, 0.3) is 0 Å². The second kappa shape index (κ2) is 10.6. The molecule has 0 bridgehead atoms. The SMILES string of the molecule is CCCCn1nc(C(CC)(OC)OC)nc1Cc1ccc(-c2ccncc2-c2nnn[nH]2)cc1. The molecule has 34 heavy (non-hydrogen) atoms. The van der Waals surface area contributed by atoms with Crippen LogP contribution < -0.4 is 0 Å². The lowest BCUT2D eigenvalue weighted by Crippen LogP contribution is -2.31. The van der Waals surface area contributed by atoms with Gasteiger partial charge in [0.2, 0.25) is 11.6 Å². The molecule has 0 aliphatic carbocycles. The van der Waals surface area contributed by atoms with Crippen LogP contribution in [-0.4, -0.2) is 54.6 Å². The highest BCUT2D eigenvalue weighted by atomic mass is 16.7. The predicted octanol–water partition coefficient (Wildman–Crippen LogP) is 3.77. The number of nitrogens with zero attached hydrogens (tertiary/aromatic N) is 7. The van der Waals surface area contributed by atoms with Crippen LogP contribution in [0.15, 0.2) is 42.7 Å². The van der Waals surface area contributed by atoms with E-state index in [1.165, 1.54) is 0 Å². The molecule has 0 radical (unpaired) electrons. The van der Waals surface area contributed by atoms with E-state index in [0.717, 1.165) is 47.5 Å². The summed E-state index contributed by atoms with van der Waals surface area (Å²) in [6, 6.07) is 10.4. The Balaban J connectivity index is 1.62. The van der Waals surface area contributed by atoms with Crippen LogP contribution in [0, 0.1) is 0 Å². The minimum atomic E-state index is -0.941. The number of ether oxygens (including phenoxy) is 2. The second-order valence-corrected chi connectivity index (χ2v) is 7.99. The Morgan fingerprint density at radius 2 is 1.82 bits per heavy atom. The van der Waals surface area contributed by atoms with Crippen LogP contribution >= 0.6 is 0 Å². The zero-order valence-corrected chi connectivity index (χ0v) is 20.0. The first kappa shape index (κ1) is 23.7. The molecule has 0 saturated carbocycles. The van der Waals surface area contributed by atoms with E-state index in [2.05, 4.69) is 56.8 Å². The topological polar surface area (TPSA) is 117 Å². The Labute approximate surface area is 198 Å². The van der Waals surface area contributed by atoms with E-state index in [1.807, 2.05) is 17.7 Å². The van der Waals surface area contributed by atoms with Crippen LogP contribution in [0.5, 0.6) is 0 Å². The number of nitrogens with one attached hydrogen (secondary N) is 1. The lowest BCUT2D eigenvalue weighted by Gasteiger charge is -2.26. The van der Waals surface area contributed by atoms with Crippen LogP contribution in [0.3, 0.4) is 0 Å². The number of hydrogen-bond acceptors (Lipinski definition) is 8. The van der Waals surface area contributed by atoms with E-state index >= 15 is 0 Å². The van der Waals surface area contributed by atoms with E-state index in [1.54, 1.807) is 26.6 Å². The number of tetrazole rings is 1. The summed E-state index contributed by atoms with van der Waals surface area (Å²) in [7, 11) is 3.25. The molecule has 10 nitrogen and oxygen atoms in total. The summed E-state index contributed by atoms with van der Waals surface area (Å²) in [6.45, 7) is 4.97. The van der Waals surface area contributed by atoms with Crippen molar-refractivity contribution in [2.75, 3.05) is 14.2 Å². The number of aromatic nitrogens is 8. The molecule has 0 spiro atoms. The zero-order valence-electron chi connectivity index (χ0n) is 20.0. The van der Waals surface area contributed by atoms with Gasteiger partial charge in [-0.3, -0.25) is 4.98 Å². The summed E-state index contributed by atoms with van der Waals surface area (Å²) >= 11 is 0. The summed E-state index contributed by atoms with van der Waals surface area (Å²) in [5.74, 6) is 1.09. The van der Waals surface area contributed by atoms with Gasteiger partial charge in [-0.25, -0.2) is 14.8 Å². The highest BCUT2D eigenvalue weighted by Crippen LogP contribution is 2.30. The number of methoxy groups -OCH3 is 2. The lowest BCUT2D eigenvalue weighted by atomic mass is 9.99. The first-order valence-corrected chi connectivity index (χ1v) is 11.5. The molecule has 0 unspecified atom stereocenters. The van der Waals surface area contributed by atoms with Gasteiger partial charge in [0, 0.05) is 51.6 Å². The minimum Gasteiger partial charge on any atom is -0.347 e. The Hall–Kier alpha value is -3.50. The molecule has 4 aromatic rings. The molecule has 0 amide bonds. The molecule has 10 heteroatoms. The van der Waals surface area contributed by atoms with Gasteiger partial charge in [0.1, 0.15) is 5.82 Å². The van der Waals surface area contributed by atoms with Crippen LogP contribution in [0.4, 0.5) is 0 Å². The normalized spacial score (nSPS) is 11.8. The van der Waals surface area contributed by atoms with Crippen LogP contribution in [-0.2, 0) is 28.2 Å². The quantitative estimate of drug-likeness (QED) is 0.335. The largest absolute Gasteiger partial charge is 0.347 e. The molecule has 1 N–H and O–H groups in total. The smallest absolute Gasteiger partial charge is 0.231 e. The molecule has 0 atom stereocenters. The number of rotatable bonds is 11. The molecule has 178 valence electrons. The van der Waals surface area contributed by atoms with Gasteiger partial charge >= 0.3 is 0 Å². The third-order valence-corrected chi connectivity index (χ3v) is 5.99. The Kier molecular flexibility index (Phi) is 7.39. The summed E-state index contributed by atoms with van der Waals surface area (Å²) < 4.78 is 13.3. The first-order valence-electron chi connectivity index (χ1n) is 11.5. The van der Waals surface area contributed by atoms with Gasteiger partial charge in [0.15, 0.2) is 5.82 Å². The van der Waals surface area contributed by atoms with E-state index in [-0.39, 0.29) is 0 Å². The van der Waals surface area contributed by atoms with Gasteiger partial charge in [-0.05, 0) is 39.6 Å². The van der Waals surface area contributed by atoms with E-state index in [0.29, 0.717) is 24.5 Å². The Morgan fingerprint density at radius 1 is 1.03 bits per heavy atom. The maximum absolute atomic E-state index is 5.67. The fraction of sp³-hybridized carbons (Fsp3) is 0.417. The highest BCUT2D eigenvalue weighted by molar-refractivity contribution is 5.79. The van der Waals surface area contributed by atoms with Crippen LogP contribution in [0.25, 0.3) is 22.5 Å². The molecule has 4 rings (SSSR count). The summed E-state index contributed by atoms with van der Waals surface area (Å²) in [4.78, 5) is 9.06. The number of pyridine rings is 1. The monoisotopic (exact) mass is 462 g/mol. The standard InChI is InChI=1S/C24H30N8O2/c1-5-7-14-32-21(26-23(29-32)24(6-2,33-3)34-4)15-17-8-10-18(11-9-17)19-12-13-25-16-20(19)22-27-30-31-28-22/h8-13,16H,5-7,14-15H2,1-4H3,(H,27,28,30,31). The molecule has 3 heterocycles. The van der Waals surface area contributed by atoms with E-state index < -0.39 is 5.79 Å². The van der Waals surface area contributed by atoms with Crippen molar-refractivity contribution >= 4 is 0 Å². The number of unbranched alkanes of at least 4 members (excludes halogenated alkanes) is 1. The molecule has 0 saturated heterocycles. The van der Waals surface area contributed by atoms with Gasteiger partial charge < -0.3 is 9.47 Å². The number of H-pyrrole nitrogens is 1. The third kappa shape index (κ3) is 4.73. The van der Waals surface area contributed by atoms with Crippen molar-refractivity contribution in [3.05, 3.63) is 59.9 Å². The average molecular weight is 463 g/mol. The number of hydrogen-bond donors (Lipinski definition) is 1. The molecule has 3 aromatic heterocycles. The van der Waals surface area contributed by atoms with Crippen LogP contribution in [0.1, 0.15) is 50.3 Å². The second-order valence-electron chi connectivity index (χ2n) is 7.99. The first-order chi connectivity index (χ1) is 16.6.